The summed E-state index contributed by atoms with van der Waals surface area (Å²) in [7, 11) is 0. The van der Waals surface area contributed by atoms with Crippen LogP contribution in [0.1, 0.15) is 46.0 Å². The van der Waals surface area contributed by atoms with Crippen LogP contribution in [0.3, 0.4) is 0 Å². The zero-order valence-corrected chi connectivity index (χ0v) is 9.90. The summed E-state index contributed by atoms with van der Waals surface area (Å²) in [5.74, 6) is -1.56. The van der Waals surface area contributed by atoms with E-state index in [9.17, 15) is 14.7 Å². The van der Waals surface area contributed by atoms with E-state index in [1.54, 1.807) is 0 Å². The molecular formula is C12H20O4. The molecule has 0 radical (unpaired) electrons. The van der Waals surface area contributed by atoms with Crippen molar-refractivity contribution >= 4 is 11.9 Å². The number of hydrogen-bond acceptors (Lipinski definition) is 2. The average molecular weight is 228 g/mol. The van der Waals surface area contributed by atoms with Crippen molar-refractivity contribution in [2.24, 2.45) is 17.3 Å². The van der Waals surface area contributed by atoms with E-state index < -0.39 is 17.4 Å². The molecule has 0 atom stereocenters. The fraction of sp³-hybridized carbons (Fsp3) is 0.833. The van der Waals surface area contributed by atoms with Gasteiger partial charge in [-0.2, -0.15) is 0 Å². The summed E-state index contributed by atoms with van der Waals surface area (Å²) in [6.45, 7) is 4.02. The molecule has 92 valence electrons. The number of carboxylic acid groups (broad SMARTS) is 2. The van der Waals surface area contributed by atoms with Crippen LogP contribution in [-0.4, -0.2) is 22.2 Å². The van der Waals surface area contributed by atoms with Crippen LogP contribution in [0.25, 0.3) is 0 Å². The molecule has 1 aliphatic carbocycles. The monoisotopic (exact) mass is 228 g/mol. The lowest BCUT2D eigenvalue weighted by molar-refractivity contribution is -0.156. The second-order valence-electron chi connectivity index (χ2n) is 5.30. The lowest BCUT2D eigenvalue weighted by atomic mass is 9.67. The fourth-order valence-electron chi connectivity index (χ4n) is 2.70. The maximum Gasteiger partial charge on any atom is 0.309 e. The van der Waals surface area contributed by atoms with E-state index >= 15 is 0 Å². The van der Waals surface area contributed by atoms with Crippen LogP contribution in [0.4, 0.5) is 0 Å². The molecule has 4 nitrogen and oxygen atoms in total. The first-order valence-corrected chi connectivity index (χ1v) is 5.83. The molecule has 0 aromatic heterocycles. The van der Waals surface area contributed by atoms with Crippen molar-refractivity contribution in [2.45, 2.75) is 46.0 Å². The second kappa shape index (κ2) is 4.85. The third kappa shape index (κ3) is 2.74. The highest BCUT2D eigenvalue weighted by molar-refractivity contribution is 5.76. The van der Waals surface area contributed by atoms with Crippen molar-refractivity contribution in [1.29, 1.82) is 0 Å². The summed E-state index contributed by atoms with van der Waals surface area (Å²) in [5.41, 5.74) is -0.680. The molecule has 16 heavy (non-hydrogen) atoms. The summed E-state index contributed by atoms with van der Waals surface area (Å²) in [6.07, 6.45) is 2.63. The third-order valence-corrected chi connectivity index (χ3v) is 3.54. The highest BCUT2D eigenvalue weighted by Crippen LogP contribution is 2.43. The molecule has 2 N–H and O–H groups in total. The second-order valence-corrected chi connectivity index (χ2v) is 5.30. The molecule has 0 heterocycles. The Morgan fingerprint density at radius 2 is 1.75 bits per heavy atom. The van der Waals surface area contributed by atoms with Gasteiger partial charge < -0.3 is 10.2 Å². The zero-order chi connectivity index (χ0) is 12.3. The Morgan fingerprint density at radius 3 is 2.06 bits per heavy atom. The molecule has 0 unspecified atom stereocenters. The summed E-state index contributed by atoms with van der Waals surface area (Å²) in [4.78, 5) is 22.2. The van der Waals surface area contributed by atoms with Gasteiger partial charge in [0.2, 0.25) is 0 Å². The van der Waals surface area contributed by atoms with Gasteiger partial charge in [0.1, 0.15) is 0 Å². The molecule has 4 heteroatoms. The number of carboxylic acids is 2. The van der Waals surface area contributed by atoms with Crippen LogP contribution >= 0.6 is 0 Å². The highest BCUT2D eigenvalue weighted by Gasteiger charge is 2.43. The first kappa shape index (κ1) is 13.0. The molecule has 0 aliphatic heterocycles. The van der Waals surface area contributed by atoms with Crippen LogP contribution < -0.4 is 0 Å². The van der Waals surface area contributed by atoms with Gasteiger partial charge in [0.25, 0.3) is 0 Å². The van der Waals surface area contributed by atoms with E-state index in [1.807, 2.05) is 13.8 Å². The van der Waals surface area contributed by atoms with E-state index in [0.29, 0.717) is 38.0 Å². The lowest BCUT2D eigenvalue weighted by Gasteiger charge is -2.36. The molecule has 0 saturated heterocycles. The lowest BCUT2D eigenvalue weighted by Crippen LogP contribution is -2.38. The molecule has 0 amide bonds. The van der Waals surface area contributed by atoms with Crippen molar-refractivity contribution in [3.8, 4) is 0 Å². The average Bonchev–Trinajstić information content (AvgIpc) is 2.17. The predicted molar refractivity (Wildman–Crippen MR) is 59.1 cm³/mol. The van der Waals surface area contributed by atoms with Crippen LogP contribution in [0.15, 0.2) is 0 Å². The van der Waals surface area contributed by atoms with Crippen LogP contribution in [-0.2, 0) is 9.59 Å². The van der Waals surface area contributed by atoms with Gasteiger partial charge in [0.05, 0.1) is 11.3 Å². The minimum Gasteiger partial charge on any atom is -0.481 e. The zero-order valence-electron chi connectivity index (χ0n) is 9.90. The van der Waals surface area contributed by atoms with Crippen molar-refractivity contribution in [1.82, 2.24) is 0 Å². The largest absolute Gasteiger partial charge is 0.481 e. The smallest absolute Gasteiger partial charge is 0.309 e. The van der Waals surface area contributed by atoms with Gasteiger partial charge in [-0.15, -0.1) is 0 Å². The van der Waals surface area contributed by atoms with E-state index in [2.05, 4.69) is 0 Å². The van der Waals surface area contributed by atoms with Crippen LogP contribution in [0, 0.1) is 17.3 Å². The standard InChI is InChI=1S/C12H20O4/c1-8(2)7-12(11(15)16)5-3-9(4-6-12)10(13)14/h8-9H,3-7H2,1-2H3,(H,13,14)(H,15,16). The summed E-state index contributed by atoms with van der Waals surface area (Å²) in [6, 6.07) is 0. The Hall–Kier alpha value is -1.06. The van der Waals surface area contributed by atoms with Gasteiger partial charge in [0.15, 0.2) is 0 Å². The fourth-order valence-corrected chi connectivity index (χ4v) is 2.70. The van der Waals surface area contributed by atoms with Crippen molar-refractivity contribution in [2.75, 3.05) is 0 Å². The SMILES string of the molecule is CC(C)CC1(C(=O)O)CCC(C(=O)O)CC1. The van der Waals surface area contributed by atoms with E-state index in [0.717, 1.165) is 0 Å². The topological polar surface area (TPSA) is 74.6 Å². The Morgan fingerprint density at radius 1 is 1.25 bits per heavy atom. The van der Waals surface area contributed by atoms with Gasteiger partial charge in [-0.05, 0) is 38.0 Å². The first-order valence-electron chi connectivity index (χ1n) is 5.83. The van der Waals surface area contributed by atoms with Crippen LogP contribution in [0.2, 0.25) is 0 Å². The maximum absolute atomic E-state index is 11.3. The molecule has 0 bridgehead atoms. The number of carbonyl (C=O) groups is 2. The predicted octanol–water partition coefficient (Wildman–Crippen LogP) is 2.38. The Kier molecular flexibility index (Phi) is 3.94. The molecule has 0 spiro atoms. The quantitative estimate of drug-likeness (QED) is 0.774. The molecule has 0 aromatic carbocycles. The number of rotatable bonds is 4. The Bertz CT molecular complexity index is 275. The van der Waals surface area contributed by atoms with E-state index in [1.165, 1.54) is 0 Å². The third-order valence-electron chi connectivity index (χ3n) is 3.54. The van der Waals surface area contributed by atoms with Gasteiger partial charge in [0, 0.05) is 0 Å². The van der Waals surface area contributed by atoms with Crippen LogP contribution in [0.5, 0.6) is 0 Å². The number of hydrogen-bond donors (Lipinski definition) is 2. The maximum atomic E-state index is 11.3. The normalized spacial score (nSPS) is 30.3. The minimum atomic E-state index is -0.788. The molecule has 1 rings (SSSR count). The Labute approximate surface area is 95.7 Å². The highest BCUT2D eigenvalue weighted by atomic mass is 16.4. The Balaban J connectivity index is 2.70. The van der Waals surface area contributed by atoms with E-state index in [-0.39, 0.29) is 5.92 Å². The molecule has 1 saturated carbocycles. The summed E-state index contributed by atoms with van der Waals surface area (Å²) < 4.78 is 0. The number of aliphatic carboxylic acids is 2. The van der Waals surface area contributed by atoms with E-state index in [4.69, 9.17) is 5.11 Å². The minimum absolute atomic E-state index is 0.331. The van der Waals surface area contributed by atoms with Crippen molar-refractivity contribution in [3.05, 3.63) is 0 Å². The van der Waals surface area contributed by atoms with Gasteiger partial charge in [-0.1, -0.05) is 13.8 Å². The van der Waals surface area contributed by atoms with Crippen molar-refractivity contribution in [3.63, 3.8) is 0 Å². The van der Waals surface area contributed by atoms with Gasteiger partial charge in [-0.25, -0.2) is 0 Å². The molecule has 1 fully saturated rings. The summed E-state index contributed by atoms with van der Waals surface area (Å²) >= 11 is 0. The summed E-state index contributed by atoms with van der Waals surface area (Å²) in [5, 5.41) is 18.2. The first-order chi connectivity index (χ1) is 7.37. The molecule has 1 aliphatic rings. The molecule has 0 aromatic rings. The van der Waals surface area contributed by atoms with Gasteiger partial charge >= 0.3 is 11.9 Å². The van der Waals surface area contributed by atoms with Gasteiger partial charge in [-0.3, -0.25) is 9.59 Å². The van der Waals surface area contributed by atoms with Crippen molar-refractivity contribution < 1.29 is 19.8 Å². The molecular weight excluding hydrogens is 208 g/mol.